The van der Waals surface area contributed by atoms with Crippen molar-refractivity contribution in [3.05, 3.63) is 47.5 Å². The number of nitrogens with zero attached hydrogens (tertiary/aromatic N) is 1. The quantitative estimate of drug-likeness (QED) is 0.506. The number of carbonyl (C=O) groups excluding carboxylic acids is 2. The van der Waals surface area contributed by atoms with Crippen molar-refractivity contribution in [2.24, 2.45) is 0 Å². The highest BCUT2D eigenvalue weighted by atomic mass is 32.2. The van der Waals surface area contributed by atoms with E-state index in [0.29, 0.717) is 10.8 Å². The summed E-state index contributed by atoms with van der Waals surface area (Å²) < 4.78 is 0. The summed E-state index contributed by atoms with van der Waals surface area (Å²) in [6.07, 6.45) is 2.64. The first kappa shape index (κ1) is 18.7. The van der Waals surface area contributed by atoms with Gasteiger partial charge in [-0.15, -0.1) is 23.1 Å². The van der Waals surface area contributed by atoms with Crippen LogP contribution in [0, 0.1) is 0 Å². The number of amides is 2. The Morgan fingerprint density at radius 1 is 1.24 bits per heavy atom. The van der Waals surface area contributed by atoms with E-state index in [2.05, 4.69) is 15.6 Å². The van der Waals surface area contributed by atoms with Crippen molar-refractivity contribution < 1.29 is 19.5 Å². The zero-order valence-corrected chi connectivity index (χ0v) is 14.8. The van der Waals surface area contributed by atoms with Crippen LogP contribution in [-0.4, -0.2) is 33.6 Å². The molecule has 1 heterocycles. The molecule has 0 saturated heterocycles. The van der Waals surface area contributed by atoms with E-state index >= 15 is 0 Å². The topological polar surface area (TPSA) is 108 Å². The Balaban J connectivity index is 1.83. The summed E-state index contributed by atoms with van der Waals surface area (Å²) in [5, 5.41) is 16.3. The normalized spacial score (nSPS) is 11.0. The molecule has 1 aromatic carbocycles. The lowest BCUT2D eigenvalue weighted by atomic mass is 10.2. The van der Waals surface area contributed by atoms with Crippen molar-refractivity contribution in [2.75, 3.05) is 16.4 Å². The number of thiazole rings is 1. The van der Waals surface area contributed by atoms with Crippen molar-refractivity contribution >= 4 is 51.7 Å². The predicted octanol–water partition coefficient (Wildman–Crippen LogP) is 2.84. The monoisotopic (exact) mass is 377 g/mol. The maximum absolute atomic E-state index is 11.8. The van der Waals surface area contributed by atoms with Crippen LogP contribution < -0.4 is 10.6 Å². The standard InChI is InChI=1S/C16H15N3O4S2/c1-10(15(22)23)8-13(20)18-11-2-4-12(5-3-11)25-9-14(21)19-16-17-6-7-24-16/h2-8H,9H2,1H3,(H,18,20)(H,22,23)(H,17,19,21)/b10-8+. The van der Waals surface area contributed by atoms with Crippen LogP contribution in [0.15, 0.2) is 52.4 Å². The zero-order valence-electron chi connectivity index (χ0n) is 13.2. The molecule has 0 aliphatic heterocycles. The second-order valence-electron chi connectivity index (χ2n) is 4.82. The first-order chi connectivity index (χ1) is 11.9. The third-order valence-corrected chi connectivity index (χ3v) is 4.56. The Hall–Kier alpha value is -2.65. The minimum absolute atomic E-state index is 0.0454. The average Bonchev–Trinajstić information content (AvgIpc) is 3.07. The minimum Gasteiger partial charge on any atom is -0.478 e. The molecule has 0 unspecified atom stereocenters. The molecule has 25 heavy (non-hydrogen) atoms. The molecule has 0 radical (unpaired) electrons. The van der Waals surface area contributed by atoms with Gasteiger partial charge in [-0.25, -0.2) is 9.78 Å². The molecule has 0 aliphatic carbocycles. The van der Waals surface area contributed by atoms with Gasteiger partial charge in [-0.1, -0.05) is 0 Å². The molecule has 0 atom stereocenters. The lowest BCUT2D eigenvalue weighted by Crippen LogP contribution is -2.13. The SMILES string of the molecule is C/C(=C\C(=O)Nc1ccc(SCC(=O)Nc2nccs2)cc1)C(=O)O. The highest BCUT2D eigenvalue weighted by Crippen LogP contribution is 2.21. The number of hydrogen-bond donors (Lipinski definition) is 3. The number of hydrogen-bond acceptors (Lipinski definition) is 6. The zero-order chi connectivity index (χ0) is 18.2. The number of rotatable bonds is 7. The van der Waals surface area contributed by atoms with Crippen LogP contribution in [0.2, 0.25) is 0 Å². The van der Waals surface area contributed by atoms with Crippen LogP contribution in [-0.2, 0) is 14.4 Å². The number of thioether (sulfide) groups is 1. The fourth-order valence-corrected chi connectivity index (χ4v) is 2.90. The Labute approximate surface area is 152 Å². The molecule has 0 fully saturated rings. The van der Waals surface area contributed by atoms with Gasteiger partial charge in [0.05, 0.1) is 5.75 Å². The fraction of sp³-hybridized carbons (Fsp3) is 0.125. The molecule has 3 N–H and O–H groups in total. The molecule has 0 saturated carbocycles. The number of nitrogens with one attached hydrogen (secondary N) is 2. The largest absolute Gasteiger partial charge is 0.478 e. The van der Waals surface area contributed by atoms with E-state index in [0.717, 1.165) is 11.0 Å². The third-order valence-electron chi connectivity index (χ3n) is 2.86. The maximum atomic E-state index is 11.8. The van der Waals surface area contributed by atoms with Crippen LogP contribution >= 0.6 is 23.1 Å². The summed E-state index contributed by atoms with van der Waals surface area (Å²) in [6.45, 7) is 1.35. The number of carboxylic acid groups (broad SMARTS) is 1. The highest BCUT2D eigenvalue weighted by molar-refractivity contribution is 8.00. The van der Waals surface area contributed by atoms with E-state index in [-0.39, 0.29) is 17.2 Å². The molecule has 0 spiro atoms. The van der Waals surface area contributed by atoms with E-state index in [1.165, 1.54) is 30.0 Å². The number of aliphatic carboxylic acids is 1. The maximum Gasteiger partial charge on any atom is 0.331 e. The van der Waals surface area contributed by atoms with E-state index in [1.807, 2.05) is 0 Å². The molecular weight excluding hydrogens is 362 g/mol. The summed E-state index contributed by atoms with van der Waals surface area (Å²) in [7, 11) is 0. The van der Waals surface area contributed by atoms with Crippen LogP contribution in [0.4, 0.5) is 10.8 Å². The summed E-state index contributed by atoms with van der Waals surface area (Å²) in [4.78, 5) is 39.0. The van der Waals surface area contributed by atoms with Crippen molar-refractivity contribution in [3.8, 4) is 0 Å². The summed E-state index contributed by atoms with van der Waals surface area (Å²) in [6, 6.07) is 6.90. The van der Waals surface area contributed by atoms with Crippen molar-refractivity contribution in [3.63, 3.8) is 0 Å². The number of anilines is 2. The van der Waals surface area contributed by atoms with Crippen molar-refractivity contribution in [2.45, 2.75) is 11.8 Å². The Morgan fingerprint density at radius 3 is 2.56 bits per heavy atom. The number of benzene rings is 1. The van der Waals surface area contributed by atoms with Gasteiger partial charge >= 0.3 is 5.97 Å². The number of aromatic nitrogens is 1. The van der Waals surface area contributed by atoms with Gasteiger partial charge in [0.25, 0.3) is 0 Å². The van der Waals surface area contributed by atoms with Crippen LogP contribution in [0.5, 0.6) is 0 Å². The second kappa shape index (κ2) is 9.00. The van der Waals surface area contributed by atoms with Gasteiger partial charge in [0.15, 0.2) is 5.13 Å². The molecule has 2 amide bonds. The lowest BCUT2D eigenvalue weighted by molar-refractivity contribution is -0.132. The lowest BCUT2D eigenvalue weighted by Gasteiger charge is -2.05. The molecule has 0 bridgehead atoms. The van der Waals surface area contributed by atoms with Crippen molar-refractivity contribution in [1.82, 2.24) is 4.98 Å². The van der Waals surface area contributed by atoms with E-state index in [4.69, 9.17) is 5.11 Å². The van der Waals surface area contributed by atoms with E-state index < -0.39 is 11.9 Å². The summed E-state index contributed by atoms with van der Waals surface area (Å²) in [5.74, 6) is -1.56. The van der Waals surface area contributed by atoms with E-state index in [1.54, 1.807) is 35.8 Å². The van der Waals surface area contributed by atoms with Gasteiger partial charge in [0, 0.05) is 33.8 Å². The first-order valence-electron chi connectivity index (χ1n) is 7.09. The first-order valence-corrected chi connectivity index (χ1v) is 8.95. The highest BCUT2D eigenvalue weighted by Gasteiger charge is 2.07. The smallest absolute Gasteiger partial charge is 0.331 e. The van der Waals surface area contributed by atoms with Gasteiger partial charge in [-0.05, 0) is 31.2 Å². The Morgan fingerprint density at radius 2 is 1.96 bits per heavy atom. The summed E-state index contributed by atoms with van der Waals surface area (Å²) >= 11 is 2.71. The van der Waals surface area contributed by atoms with Gasteiger partial charge in [0.1, 0.15) is 0 Å². The summed E-state index contributed by atoms with van der Waals surface area (Å²) in [5.41, 5.74) is 0.493. The van der Waals surface area contributed by atoms with Crippen LogP contribution in [0.3, 0.4) is 0 Å². The minimum atomic E-state index is -1.14. The average molecular weight is 377 g/mol. The van der Waals surface area contributed by atoms with Gasteiger partial charge < -0.3 is 15.7 Å². The molecule has 0 aliphatic rings. The number of carboxylic acids is 1. The Bertz CT molecular complexity index is 786. The fourth-order valence-electron chi connectivity index (χ4n) is 1.66. The Kier molecular flexibility index (Phi) is 6.72. The molecule has 130 valence electrons. The number of carbonyl (C=O) groups is 3. The van der Waals surface area contributed by atoms with Crippen LogP contribution in [0.1, 0.15) is 6.92 Å². The van der Waals surface area contributed by atoms with E-state index in [9.17, 15) is 14.4 Å². The van der Waals surface area contributed by atoms with Crippen molar-refractivity contribution in [1.29, 1.82) is 0 Å². The third kappa shape index (κ3) is 6.40. The molecule has 7 nitrogen and oxygen atoms in total. The molecule has 2 aromatic rings. The molecule has 1 aromatic heterocycles. The molecule has 2 rings (SSSR count). The van der Waals surface area contributed by atoms with Gasteiger partial charge in [-0.2, -0.15) is 0 Å². The second-order valence-corrected chi connectivity index (χ2v) is 6.76. The molecule has 9 heteroatoms. The molecular formula is C16H15N3O4S2. The van der Waals surface area contributed by atoms with Crippen LogP contribution in [0.25, 0.3) is 0 Å². The predicted molar refractivity (Wildman–Crippen MR) is 97.9 cm³/mol. The van der Waals surface area contributed by atoms with Gasteiger partial charge in [0.2, 0.25) is 11.8 Å². The van der Waals surface area contributed by atoms with Gasteiger partial charge in [-0.3, -0.25) is 9.59 Å².